The van der Waals surface area contributed by atoms with Crippen LogP contribution in [0.2, 0.25) is 0 Å². The molecule has 2 aromatic carbocycles. The average Bonchev–Trinajstić information content (AvgIpc) is 2.62. The SMILES string of the molecule is CCC(=O)Nc1cccc(NC(=O)[C@@H](c2ccccc2)N(C)CC)c1. The van der Waals surface area contributed by atoms with Crippen molar-refractivity contribution in [1.29, 1.82) is 0 Å². The topological polar surface area (TPSA) is 61.4 Å². The maximum absolute atomic E-state index is 12.9. The van der Waals surface area contributed by atoms with Crippen LogP contribution in [0.25, 0.3) is 0 Å². The van der Waals surface area contributed by atoms with E-state index in [1.807, 2.05) is 61.3 Å². The number of benzene rings is 2. The van der Waals surface area contributed by atoms with Gasteiger partial charge in [-0.25, -0.2) is 0 Å². The van der Waals surface area contributed by atoms with Gasteiger partial charge in [0.05, 0.1) is 0 Å². The molecular formula is C20H25N3O2. The zero-order chi connectivity index (χ0) is 18.2. The van der Waals surface area contributed by atoms with Crippen LogP contribution in [-0.2, 0) is 9.59 Å². The van der Waals surface area contributed by atoms with Gasteiger partial charge >= 0.3 is 0 Å². The fraction of sp³-hybridized carbons (Fsp3) is 0.300. The van der Waals surface area contributed by atoms with Crippen molar-refractivity contribution in [3.63, 3.8) is 0 Å². The fourth-order valence-corrected chi connectivity index (χ4v) is 2.56. The molecule has 0 aliphatic heterocycles. The van der Waals surface area contributed by atoms with E-state index in [1.54, 1.807) is 19.1 Å². The molecule has 0 heterocycles. The van der Waals surface area contributed by atoms with E-state index in [4.69, 9.17) is 0 Å². The predicted octanol–water partition coefficient (Wildman–Crippen LogP) is 3.67. The Hall–Kier alpha value is -2.66. The zero-order valence-corrected chi connectivity index (χ0v) is 15.0. The molecule has 132 valence electrons. The van der Waals surface area contributed by atoms with Crippen LogP contribution < -0.4 is 10.6 Å². The Morgan fingerprint density at radius 1 is 0.960 bits per heavy atom. The Labute approximate surface area is 149 Å². The molecule has 0 bridgehead atoms. The van der Waals surface area contributed by atoms with Crippen LogP contribution in [0.3, 0.4) is 0 Å². The van der Waals surface area contributed by atoms with Crippen LogP contribution in [-0.4, -0.2) is 30.3 Å². The van der Waals surface area contributed by atoms with Crippen molar-refractivity contribution < 1.29 is 9.59 Å². The first-order chi connectivity index (χ1) is 12.0. The molecule has 0 aromatic heterocycles. The van der Waals surface area contributed by atoms with Crippen molar-refractivity contribution in [3.8, 4) is 0 Å². The lowest BCUT2D eigenvalue weighted by molar-refractivity contribution is -0.121. The molecular weight excluding hydrogens is 314 g/mol. The molecule has 2 rings (SSSR count). The summed E-state index contributed by atoms with van der Waals surface area (Å²) in [5.41, 5.74) is 2.27. The zero-order valence-electron chi connectivity index (χ0n) is 15.0. The molecule has 5 heteroatoms. The highest BCUT2D eigenvalue weighted by Gasteiger charge is 2.24. The van der Waals surface area contributed by atoms with Gasteiger partial charge in [0.15, 0.2) is 0 Å². The van der Waals surface area contributed by atoms with Gasteiger partial charge in [0.1, 0.15) is 6.04 Å². The third-order valence-corrected chi connectivity index (χ3v) is 4.04. The highest BCUT2D eigenvalue weighted by molar-refractivity contribution is 5.97. The minimum absolute atomic E-state index is 0.0589. The molecule has 0 saturated carbocycles. The quantitative estimate of drug-likeness (QED) is 0.809. The highest BCUT2D eigenvalue weighted by Crippen LogP contribution is 2.22. The highest BCUT2D eigenvalue weighted by atomic mass is 16.2. The predicted molar refractivity (Wildman–Crippen MR) is 101 cm³/mol. The standard InChI is InChI=1S/C20H25N3O2/c1-4-18(24)21-16-12-9-13-17(14-16)22-20(25)19(23(3)5-2)15-10-7-6-8-11-15/h6-14,19H,4-5H2,1-3H3,(H,21,24)(H,22,25)/t19-/m1/s1. The van der Waals surface area contributed by atoms with Gasteiger partial charge in [-0.15, -0.1) is 0 Å². The Kier molecular flexibility index (Phi) is 6.71. The molecule has 25 heavy (non-hydrogen) atoms. The van der Waals surface area contributed by atoms with Crippen LogP contribution in [0.15, 0.2) is 54.6 Å². The van der Waals surface area contributed by atoms with Crippen molar-refractivity contribution in [2.24, 2.45) is 0 Å². The first-order valence-corrected chi connectivity index (χ1v) is 8.51. The van der Waals surface area contributed by atoms with E-state index < -0.39 is 0 Å². The number of carbonyl (C=O) groups excluding carboxylic acids is 2. The third-order valence-electron chi connectivity index (χ3n) is 4.04. The maximum atomic E-state index is 12.9. The van der Waals surface area contributed by atoms with Crippen LogP contribution in [0.1, 0.15) is 31.9 Å². The number of carbonyl (C=O) groups is 2. The van der Waals surface area contributed by atoms with E-state index in [-0.39, 0.29) is 17.9 Å². The summed E-state index contributed by atoms with van der Waals surface area (Å²) in [6.07, 6.45) is 0.411. The van der Waals surface area contributed by atoms with E-state index in [0.29, 0.717) is 17.8 Å². The van der Waals surface area contributed by atoms with Crippen molar-refractivity contribution in [2.75, 3.05) is 24.2 Å². The molecule has 0 aliphatic carbocycles. The molecule has 0 spiro atoms. The van der Waals surface area contributed by atoms with Gasteiger partial charge in [-0.1, -0.05) is 50.2 Å². The summed E-state index contributed by atoms with van der Waals surface area (Å²) in [5.74, 6) is -0.161. The van der Waals surface area contributed by atoms with Gasteiger partial charge in [-0.05, 0) is 37.4 Å². The second-order valence-electron chi connectivity index (χ2n) is 5.86. The molecule has 2 amide bonds. The van der Waals surface area contributed by atoms with E-state index in [2.05, 4.69) is 10.6 Å². The van der Waals surface area contributed by atoms with Gasteiger partial charge in [-0.2, -0.15) is 0 Å². The molecule has 0 saturated heterocycles. The number of anilines is 2. The molecule has 0 aliphatic rings. The summed E-state index contributed by atoms with van der Waals surface area (Å²) in [5, 5.41) is 5.75. The van der Waals surface area contributed by atoms with Crippen molar-refractivity contribution in [2.45, 2.75) is 26.3 Å². The largest absolute Gasteiger partial charge is 0.326 e. The lowest BCUT2D eigenvalue weighted by atomic mass is 10.0. The monoisotopic (exact) mass is 339 g/mol. The average molecular weight is 339 g/mol. The smallest absolute Gasteiger partial charge is 0.246 e. The first-order valence-electron chi connectivity index (χ1n) is 8.51. The summed E-state index contributed by atoms with van der Waals surface area (Å²) in [6, 6.07) is 16.5. The Balaban J connectivity index is 2.18. The number of amides is 2. The van der Waals surface area contributed by atoms with Crippen LogP contribution in [0.4, 0.5) is 11.4 Å². The molecule has 2 N–H and O–H groups in total. The van der Waals surface area contributed by atoms with Crippen LogP contribution in [0, 0.1) is 0 Å². The molecule has 0 radical (unpaired) electrons. The normalized spacial score (nSPS) is 11.8. The fourth-order valence-electron chi connectivity index (χ4n) is 2.56. The van der Waals surface area contributed by atoms with E-state index in [1.165, 1.54) is 0 Å². The van der Waals surface area contributed by atoms with E-state index >= 15 is 0 Å². The third kappa shape index (κ3) is 5.16. The number of rotatable bonds is 7. The number of nitrogens with zero attached hydrogens (tertiary/aromatic N) is 1. The summed E-state index contributed by atoms with van der Waals surface area (Å²) >= 11 is 0. The number of likely N-dealkylation sites (N-methyl/N-ethyl adjacent to an activating group) is 1. The Bertz CT molecular complexity index is 716. The second-order valence-corrected chi connectivity index (χ2v) is 5.86. The van der Waals surface area contributed by atoms with Gasteiger partial charge in [-0.3, -0.25) is 14.5 Å². The van der Waals surface area contributed by atoms with Gasteiger partial charge < -0.3 is 10.6 Å². The first kappa shape index (κ1) is 18.7. The molecule has 2 aromatic rings. The van der Waals surface area contributed by atoms with Gasteiger partial charge in [0, 0.05) is 17.8 Å². The van der Waals surface area contributed by atoms with Gasteiger partial charge in [0.25, 0.3) is 0 Å². The van der Waals surface area contributed by atoms with Crippen LogP contribution >= 0.6 is 0 Å². The number of nitrogens with one attached hydrogen (secondary N) is 2. The summed E-state index contributed by atoms with van der Waals surface area (Å²) in [7, 11) is 1.93. The number of hydrogen-bond donors (Lipinski definition) is 2. The molecule has 0 fully saturated rings. The lowest BCUT2D eigenvalue weighted by Gasteiger charge is -2.26. The minimum atomic E-state index is -0.375. The Morgan fingerprint density at radius 2 is 1.60 bits per heavy atom. The Morgan fingerprint density at radius 3 is 2.20 bits per heavy atom. The van der Waals surface area contributed by atoms with Crippen LogP contribution in [0.5, 0.6) is 0 Å². The molecule has 1 atom stereocenters. The number of hydrogen-bond acceptors (Lipinski definition) is 3. The molecule has 5 nitrogen and oxygen atoms in total. The maximum Gasteiger partial charge on any atom is 0.246 e. The molecule has 0 unspecified atom stereocenters. The summed E-state index contributed by atoms with van der Waals surface area (Å²) in [6.45, 7) is 4.57. The van der Waals surface area contributed by atoms with E-state index in [0.717, 1.165) is 12.1 Å². The summed E-state index contributed by atoms with van der Waals surface area (Å²) in [4.78, 5) is 26.4. The van der Waals surface area contributed by atoms with Crippen molar-refractivity contribution in [3.05, 3.63) is 60.2 Å². The minimum Gasteiger partial charge on any atom is -0.326 e. The second kappa shape index (κ2) is 8.99. The summed E-state index contributed by atoms with van der Waals surface area (Å²) < 4.78 is 0. The van der Waals surface area contributed by atoms with Crippen molar-refractivity contribution >= 4 is 23.2 Å². The lowest BCUT2D eigenvalue weighted by Crippen LogP contribution is -2.34. The van der Waals surface area contributed by atoms with E-state index in [9.17, 15) is 9.59 Å². The van der Waals surface area contributed by atoms with Crippen molar-refractivity contribution in [1.82, 2.24) is 4.90 Å². The van der Waals surface area contributed by atoms with Gasteiger partial charge in [0.2, 0.25) is 11.8 Å².